The van der Waals surface area contributed by atoms with Crippen LogP contribution in [-0.2, 0) is 16.0 Å². The number of nitro groups is 1. The lowest BCUT2D eigenvalue weighted by Gasteiger charge is -2.29. The quantitative estimate of drug-likeness (QED) is 0.268. The summed E-state index contributed by atoms with van der Waals surface area (Å²) in [5.74, 6) is -1.03. The average molecular weight is 394 g/mol. The average Bonchev–Trinajstić information content (AvgIpc) is 2.67. The molecule has 1 aliphatic rings. The van der Waals surface area contributed by atoms with Crippen molar-refractivity contribution in [1.82, 2.24) is 0 Å². The maximum Gasteiger partial charge on any atom is 0.344 e. The number of hydrogen-bond acceptors (Lipinski definition) is 6. The van der Waals surface area contributed by atoms with Crippen molar-refractivity contribution in [2.24, 2.45) is 4.99 Å². The highest BCUT2D eigenvalue weighted by Gasteiger charge is 2.33. The van der Waals surface area contributed by atoms with Crippen molar-refractivity contribution in [2.75, 3.05) is 6.61 Å². The standard InChI is InChI=1S/C22H22N2O5/c1-4-29-21(26)18(20(25)14-9-11-16(12-10-14)24(27)28)19-17-8-6-5-7-15(17)13-22(2,3)23-19/h5-12,25H,4,13H2,1-3H3. The molecule has 0 spiro atoms. The van der Waals surface area contributed by atoms with E-state index >= 15 is 0 Å². The van der Waals surface area contributed by atoms with E-state index in [9.17, 15) is 20.0 Å². The van der Waals surface area contributed by atoms with E-state index in [2.05, 4.69) is 0 Å². The van der Waals surface area contributed by atoms with E-state index in [1.54, 1.807) is 6.92 Å². The van der Waals surface area contributed by atoms with Crippen LogP contribution in [0.5, 0.6) is 0 Å². The second-order valence-electron chi connectivity index (χ2n) is 7.35. The molecule has 0 saturated heterocycles. The van der Waals surface area contributed by atoms with Crippen LogP contribution in [0, 0.1) is 10.1 Å². The molecule has 150 valence electrons. The molecule has 0 aromatic heterocycles. The number of nitrogens with zero attached hydrogens (tertiary/aromatic N) is 2. The zero-order valence-electron chi connectivity index (χ0n) is 16.5. The van der Waals surface area contributed by atoms with Crippen LogP contribution < -0.4 is 0 Å². The molecule has 7 heteroatoms. The molecule has 1 aliphatic heterocycles. The summed E-state index contributed by atoms with van der Waals surface area (Å²) in [5.41, 5.74) is 1.75. The third-order valence-corrected chi connectivity index (χ3v) is 4.61. The molecule has 0 atom stereocenters. The second-order valence-corrected chi connectivity index (χ2v) is 7.35. The van der Waals surface area contributed by atoms with Gasteiger partial charge in [-0.15, -0.1) is 0 Å². The molecule has 0 amide bonds. The maximum absolute atomic E-state index is 12.8. The van der Waals surface area contributed by atoms with E-state index in [0.29, 0.717) is 12.1 Å². The second kappa shape index (κ2) is 7.87. The van der Waals surface area contributed by atoms with Gasteiger partial charge in [-0.05, 0) is 44.9 Å². The van der Waals surface area contributed by atoms with Gasteiger partial charge in [0.1, 0.15) is 11.3 Å². The number of carbonyl (C=O) groups is 1. The van der Waals surface area contributed by atoms with Crippen molar-refractivity contribution in [2.45, 2.75) is 32.7 Å². The number of fused-ring (bicyclic) bond motifs is 1. The van der Waals surface area contributed by atoms with Gasteiger partial charge in [0.2, 0.25) is 0 Å². The summed E-state index contributed by atoms with van der Waals surface area (Å²) in [5, 5.41) is 21.9. The molecule has 1 N–H and O–H groups in total. The third kappa shape index (κ3) is 4.18. The molecule has 7 nitrogen and oxygen atoms in total. The minimum atomic E-state index is -0.699. The van der Waals surface area contributed by atoms with Crippen LogP contribution in [0.25, 0.3) is 5.76 Å². The van der Waals surface area contributed by atoms with Crippen LogP contribution in [-0.4, -0.2) is 33.9 Å². The fourth-order valence-electron chi connectivity index (χ4n) is 3.36. The minimum absolute atomic E-state index is 0.0547. The topological polar surface area (TPSA) is 102 Å². The van der Waals surface area contributed by atoms with Gasteiger partial charge < -0.3 is 9.84 Å². The predicted molar refractivity (Wildman–Crippen MR) is 110 cm³/mol. The third-order valence-electron chi connectivity index (χ3n) is 4.61. The molecule has 0 fully saturated rings. The van der Waals surface area contributed by atoms with Crippen LogP contribution in [0.3, 0.4) is 0 Å². The van der Waals surface area contributed by atoms with Gasteiger partial charge in [0, 0.05) is 23.3 Å². The summed E-state index contributed by atoms with van der Waals surface area (Å²) in [6.45, 7) is 5.72. The van der Waals surface area contributed by atoms with E-state index in [-0.39, 0.29) is 29.2 Å². The number of benzene rings is 2. The van der Waals surface area contributed by atoms with Gasteiger partial charge in [0.25, 0.3) is 5.69 Å². The molecular formula is C22H22N2O5. The number of hydrogen-bond donors (Lipinski definition) is 1. The van der Waals surface area contributed by atoms with Crippen molar-refractivity contribution in [3.05, 3.63) is 80.9 Å². The Hall–Kier alpha value is -3.48. The van der Waals surface area contributed by atoms with Crippen molar-refractivity contribution in [3.63, 3.8) is 0 Å². The highest BCUT2D eigenvalue weighted by atomic mass is 16.6. The van der Waals surface area contributed by atoms with Gasteiger partial charge >= 0.3 is 5.97 Å². The first kappa shape index (κ1) is 20.3. The number of aliphatic imine (C=N–C) groups is 1. The van der Waals surface area contributed by atoms with Gasteiger partial charge in [0.05, 0.1) is 22.8 Å². The van der Waals surface area contributed by atoms with Gasteiger partial charge in [-0.3, -0.25) is 15.1 Å². The Morgan fingerprint density at radius 3 is 2.48 bits per heavy atom. The van der Waals surface area contributed by atoms with Crippen molar-refractivity contribution in [1.29, 1.82) is 0 Å². The van der Waals surface area contributed by atoms with Gasteiger partial charge in [-0.25, -0.2) is 4.79 Å². The number of non-ortho nitro benzene ring substituents is 1. The van der Waals surface area contributed by atoms with Crippen molar-refractivity contribution in [3.8, 4) is 0 Å². The van der Waals surface area contributed by atoms with E-state index in [0.717, 1.165) is 11.1 Å². The fourth-order valence-corrected chi connectivity index (χ4v) is 3.36. The number of aliphatic hydroxyl groups is 1. The first-order valence-corrected chi connectivity index (χ1v) is 9.27. The van der Waals surface area contributed by atoms with Crippen LogP contribution in [0.15, 0.2) is 59.1 Å². The zero-order chi connectivity index (χ0) is 21.2. The van der Waals surface area contributed by atoms with E-state index < -0.39 is 16.4 Å². The minimum Gasteiger partial charge on any atom is -0.506 e. The summed E-state index contributed by atoms with van der Waals surface area (Å²) < 4.78 is 5.20. The van der Waals surface area contributed by atoms with Gasteiger partial charge in [-0.2, -0.15) is 0 Å². The Bertz CT molecular complexity index is 1020. The van der Waals surface area contributed by atoms with E-state index in [1.807, 2.05) is 38.1 Å². The fraction of sp³-hybridized carbons (Fsp3) is 0.273. The lowest BCUT2D eigenvalue weighted by atomic mass is 9.84. The lowest BCUT2D eigenvalue weighted by Crippen LogP contribution is -2.32. The normalized spacial score (nSPS) is 15.6. The molecule has 3 rings (SSSR count). The highest BCUT2D eigenvalue weighted by molar-refractivity contribution is 6.31. The number of nitro benzene ring substituents is 1. The molecule has 2 aromatic carbocycles. The van der Waals surface area contributed by atoms with Crippen LogP contribution in [0.1, 0.15) is 37.5 Å². The van der Waals surface area contributed by atoms with E-state index in [4.69, 9.17) is 9.73 Å². The summed E-state index contributed by atoms with van der Waals surface area (Å²) in [6.07, 6.45) is 0.696. The van der Waals surface area contributed by atoms with Gasteiger partial charge in [-0.1, -0.05) is 24.3 Å². The van der Waals surface area contributed by atoms with Crippen molar-refractivity contribution < 1.29 is 19.6 Å². The first-order chi connectivity index (χ1) is 13.7. The van der Waals surface area contributed by atoms with E-state index in [1.165, 1.54) is 24.3 Å². The highest BCUT2D eigenvalue weighted by Crippen LogP contribution is 2.32. The molecule has 0 saturated carbocycles. The first-order valence-electron chi connectivity index (χ1n) is 9.27. The summed E-state index contributed by atoms with van der Waals surface area (Å²) in [4.78, 5) is 27.9. The Morgan fingerprint density at radius 1 is 1.21 bits per heavy atom. The number of carbonyl (C=O) groups excluding carboxylic acids is 1. The number of ether oxygens (including phenoxy) is 1. The van der Waals surface area contributed by atoms with Crippen LogP contribution >= 0.6 is 0 Å². The maximum atomic E-state index is 12.8. The predicted octanol–water partition coefficient (Wildman–Crippen LogP) is 4.25. The number of rotatable bonds is 5. The largest absolute Gasteiger partial charge is 0.506 e. The van der Waals surface area contributed by atoms with Crippen LogP contribution in [0.4, 0.5) is 5.69 Å². The SMILES string of the molecule is CCOC(=O)C(C1=NC(C)(C)Cc2ccccc21)=C(O)c1ccc([N+](=O)[O-])cc1. The van der Waals surface area contributed by atoms with Gasteiger partial charge in [0.15, 0.2) is 0 Å². The summed E-state index contributed by atoms with van der Waals surface area (Å²) >= 11 is 0. The molecule has 0 bridgehead atoms. The van der Waals surface area contributed by atoms with Crippen molar-refractivity contribution >= 4 is 23.1 Å². The Labute approximate surface area is 168 Å². The summed E-state index contributed by atoms with van der Waals surface area (Å²) in [7, 11) is 0. The Balaban J connectivity index is 2.22. The molecule has 0 aliphatic carbocycles. The summed E-state index contributed by atoms with van der Waals surface area (Å²) in [6, 6.07) is 12.9. The Morgan fingerprint density at radius 2 is 1.86 bits per heavy atom. The molecule has 1 heterocycles. The monoisotopic (exact) mass is 394 g/mol. The van der Waals surface area contributed by atoms with Crippen LogP contribution in [0.2, 0.25) is 0 Å². The number of aliphatic hydroxyl groups excluding tert-OH is 1. The number of esters is 1. The molecular weight excluding hydrogens is 372 g/mol. The molecule has 0 radical (unpaired) electrons. The molecule has 0 unspecified atom stereocenters. The Kier molecular flexibility index (Phi) is 5.50. The molecule has 29 heavy (non-hydrogen) atoms. The smallest absolute Gasteiger partial charge is 0.344 e. The lowest BCUT2D eigenvalue weighted by molar-refractivity contribution is -0.384. The molecule has 2 aromatic rings. The zero-order valence-corrected chi connectivity index (χ0v) is 16.5.